The van der Waals surface area contributed by atoms with E-state index in [-0.39, 0.29) is 17.4 Å². The summed E-state index contributed by atoms with van der Waals surface area (Å²) in [5.41, 5.74) is 4.32. The van der Waals surface area contributed by atoms with Crippen molar-refractivity contribution in [1.29, 1.82) is 0 Å². The van der Waals surface area contributed by atoms with E-state index in [1.807, 2.05) is 17.0 Å². The van der Waals surface area contributed by atoms with Crippen LogP contribution in [0.4, 0.5) is 4.39 Å². The van der Waals surface area contributed by atoms with Crippen molar-refractivity contribution in [3.63, 3.8) is 0 Å². The highest BCUT2D eigenvalue weighted by atomic mass is 19.1. The minimum atomic E-state index is -0.508. The van der Waals surface area contributed by atoms with Crippen molar-refractivity contribution in [1.82, 2.24) is 14.8 Å². The van der Waals surface area contributed by atoms with Gasteiger partial charge in [-0.2, -0.15) is 0 Å². The zero-order chi connectivity index (χ0) is 22.2. The van der Waals surface area contributed by atoms with Gasteiger partial charge in [0.15, 0.2) is 0 Å². The molecule has 32 heavy (non-hydrogen) atoms. The van der Waals surface area contributed by atoms with Crippen molar-refractivity contribution in [2.24, 2.45) is 5.92 Å². The van der Waals surface area contributed by atoms with E-state index in [2.05, 4.69) is 18.0 Å². The molecule has 1 N–H and O–H groups in total. The molecule has 6 heteroatoms. The highest BCUT2D eigenvalue weighted by Crippen LogP contribution is 2.33. The number of amides is 2. The Morgan fingerprint density at radius 2 is 1.62 bits per heavy atom. The summed E-state index contributed by atoms with van der Waals surface area (Å²) in [5.74, 6) is -0.177. The molecule has 1 aliphatic heterocycles. The van der Waals surface area contributed by atoms with Gasteiger partial charge in [0.2, 0.25) is 0 Å². The Kier molecular flexibility index (Phi) is 5.45. The number of aryl methyl sites for hydroxylation is 1. The molecule has 2 amide bonds. The highest BCUT2D eigenvalue weighted by Gasteiger charge is 2.27. The second kappa shape index (κ2) is 8.41. The van der Waals surface area contributed by atoms with Gasteiger partial charge in [-0.15, -0.1) is 0 Å². The zero-order valence-electron chi connectivity index (χ0n) is 18.4. The third-order valence-electron chi connectivity index (χ3n) is 6.87. The number of H-pyrrole nitrogens is 1. The average molecular weight is 434 g/mol. The molecule has 0 saturated carbocycles. The fraction of sp³-hybridized carbons (Fsp3) is 0.385. The van der Waals surface area contributed by atoms with Gasteiger partial charge in [0, 0.05) is 37.3 Å². The van der Waals surface area contributed by atoms with Gasteiger partial charge < -0.3 is 14.8 Å². The number of hydrogen-bond donors (Lipinski definition) is 1. The van der Waals surface area contributed by atoms with E-state index in [1.165, 1.54) is 29.8 Å². The summed E-state index contributed by atoms with van der Waals surface area (Å²) < 4.78 is 14.1. The summed E-state index contributed by atoms with van der Waals surface area (Å²) in [6, 6.07) is 12.0. The summed E-state index contributed by atoms with van der Waals surface area (Å²) in [5, 5.41) is 1.16. The van der Waals surface area contributed by atoms with Crippen LogP contribution < -0.4 is 0 Å². The van der Waals surface area contributed by atoms with Crippen LogP contribution in [0.25, 0.3) is 10.9 Å². The van der Waals surface area contributed by atoms with Gasteiger partial charge >= 0.3 is 0 Å². The largest absolute Gasteiger partial charge is 0.358 e. The molecule has 2 aromatic carbocycles. The standard InChI is InChI=1S/C26H28FN3O2/c1-17-10-11-23-21(16-17)18-7-4-8-20(24(18)28-23)26(32)30-13-5-12-29(14-15-30)25(31)19-6-2-3-9-22(19)27/h2-4,6-9,17,28H,5,10-16H2,1H3. The summed E-state index contributed by atoms with van der Waals surface area (Å²) in [6.07, 6.45) is 3.90. The minimum Gasteiger partial charge on any atom is -0.358 e. The second-order valence-electron chi connectivity index (χ2n) is 9.08. The molecule has 1 saturated heterocycles. The monoisotopic (exact) mass is 433 g/mol. The minimum absolute atomic E-state index is 0.0116. The fourth-order valence-electron chi connectivity index (χ4n) is 5.09. The van der Waals surface area contributed by atoms with E-state index in [0.717, 1.165) is 23.7 Å². The molecular formula is C26H28FN3O2. The van der Waals surface area contributed by atoms with Crippen molar-refractivity contribution in [3.8, 4) is 0 Å². The number of nitrogens with one attached hydrogen (secondary N) is 1. The number of hydrogen-bond acceptors (Lipinski definition) is 2. The Morgan fingerprint density at radius 1 is 0.938 bits per heavy atom. The number of carbonyl (C=O) groups excluding carboxylic acids is 2. The first-order chi connectivity index (χ1) is 15.5. The van der Waals surface area contributed by atoms with Gasteiger partial charge in [-0.3, -0.25) is 9.59 Å². The van der Waals surface area contributed by atoms with Gasteiger partial charge in [0.1, 0.15) is 5.82 Å². The number of aromatic nitrogens is 1. The molecule has 1 atom stereocenters. The van der Waals surface area contributed by atoms with Crippen LogP contribution in [0.15, 0.2) is 42.5 Å². The van der Waals surface area contributed by atoms with Crippen molar-refractivity contribution in [2.75, 3.05) is 26.2 Å². The predicted octanol–water partition coefficient (Wildman–Crippen LogP) is 4.42. The number of carbonyl (C=O) groups is 2. The Bertz CT molecular complexity index is 1190. The molecule has 5 nitrogen and oxygen atoms in total. The lowest BCUT2D eigenvalue weighted by atomic mass is 9.87. The number of nitrogens with zero attached hydrogens (tertiary/aromatic N) is 2. The lowest BCUT2D eigenvalue weighted by Gasteiger charge is -2.22. The average Bonchev–Trinajstić information content (AvgIpc) is 2.99. The van der Waals surface area contributed by atoms with E-state index in [9.17, 15) is 14.0 Å². The first-order valence-corrected chi connectivity index (χ1v) is 11.5. The molecule has 1 aliphatic carbocycles. The number of halogens is 1. The third kappa shape index (κ3) is 3.68. The lowest BCUT2D eigenvalue weighted by molar-refractivity contribution is 0.0717. The summed E-state index contributed by atoms with van der Waals surface area (Å²) in [4.78, 5) is 33.3. The molecule has 166 valence electrons. The molecular weight excluding hydrogens is 405 g/mol. The third-order valence-corrected chi connectivity index (χ3v) is 6.87. The van der Waals surface area contributed by atoms with E-state index in [4.69, 9.17) is 0 Å². The van der Waals surface area contributed by atoms with E-state index in [1.54, 1.807) is 17.0 Å². The van der Waals surface area contributed by atoms with Crippen molar-refractivity contribution >= 4 is 22.7 Å². The Labute approximate surface area is 187 Å². The molecule has 1 unspecified atom stereocenters. The first kappa shape index (κ1) is 20.7. The molecule has 0 bridgehead atoms. The smallest absolute Gasteiger partial charge is 0.256 e. The first-order valence-electron chi connectivity index (χ1n) is 11.5. The van der Waals surface area contributed by atoms with Crippen molar-refractivity contribution < 1.29 is 14.0 Å². The maximum atomic E-state index is 14.1. The van der Waals surface area contributed by atoms with Crippen LogP contribution in [0.5, 0.6) is 0 Å². The molecule has 0 radical (unpaired) electrons. The number of fused-ring (bicyclic) bond motifs is 3. The van der Waals surface area contributed by atoms with Gasteiger partial charge in [0.05, 0.1) is 16.6 Å². The fourth-order valence-corrected chi connectivity index (χ4v) is 5.09. The van der Waals surface area contributed by atoms with E-state index >= 15 is 0 Å². The molecule has 5 rings (SSSR count). The Morgan fingerprint density at radius 3 is 2.38 bits per heavy atom. The number of para-hydroxylation sites is 1. The van der Waals surface area contributed by atoms with E-state index < -0.39 is 5.82 Å². The van der Waals surface area contributed by atoms with Gasteiger partial charge in [-0.1, -0.05) is 31.2 Å². The predicted molar refractivity (Wildman–Crippen MR) is 122 cm³/mol. The zero-order valence-corrected chi connectivity index (χ0v) is 18.4. The number of benzene rings is 2. The van der Waals surface area contributed by atoms with Crippen LogP contribution in [0.2, 0.25) is 0 Å². The Hall–Kier alpha value is -3.15. The topological polar surface area (TPSA) is 56.4 Å². The summed E-state index contributed by atoms with van der Waals surface area (Å²) in [6.45, 7) is 4.20. The maximum Gasteiger partial charge on any atom is 0.256 e. The van der Waals surface area contributed by atoms with Crippen LogP contribution in [0.3, 0.4) is 0 Å². The molecule has 3 aromatic rings. The number of rotatable bonds is 2. The van der Waals surface area contributed by atoms with Gasteiger partial charge in [-0.05, 0) is 55.4 Å². The normalized spacial score (nSPS) is 19.0. The van der Waals surface area contributed by atoms with Crippen molar-refractivity contribution in [2.45, 2.75) is 32.6 Å². The lowest BCUT2D eigenvalue weighted by Crippen LogP contribution is -2.37. The van der Waals surface area contributed by atoms with Crippen LogP contribution in [0.1, 0.15) is 51.7 Å². The van der Waals surface area contributed by atoms with Crippen LogP contribution >= 0.6 is 0 Å². The quantitative estimate of drug-likeness (QED) is 0.651. The Balaban J connectivity index is 1.36. The summed E-state index contributed by atoms with van der Waals surface area (Å²) >= 11 is 0. The van der Waals surface area contributed by atoms with Gasteiger partial charge in [-0.25, -0.2) is 4.39 Å². The van der Waals surface area contributed by atoms with Crippen molar-refractivity contribution in [3.05, 3.63) is 70.7 Å². The van der Waals surface area contributed by atoms with Crippen LogP contribution in [-0.4, -0.2) is 52.8 Å². The molecule has 2 heterocycles. The highest BCUT2D eigenvalue weighted by molar-refractivity contribution is 6.07. The molecule has 1 aromatic heterocycles. The summed E-state index contributed by atoms with van der Waals surface area (Å²) in [7, 11) is 0. The maximum absolute atomic E-state index is 14.1. The second-order valence-corrected chi connectivity index (χ2v) is 9.08. The van der Waals surface area contributed by atoms with E-state index in [0.29, 0.717) is 44.1 Å². The number of aromatic amines is 1. The molecule has 0 spiro atoms. The molecule has 1 fully saturated rings. The van der Waals surface area contributed by atoms with Gasteiger partial charge in [0.25, 0.3) is 11.8 Å². The van der Waals surface area contributed by atoms with Crippen LogP contribution in [0, 0.1) is 11.7 Å². The molecule has 2 aliphatic rings. The SMILES string of the molecule is CC1CCc2[nH]c3c(C(=O)N4CCCN(C(=O)c5ccccc5F)CC4)cccc3c2C1. The van der Waals surface area contributed by atoms with Crippen LogP contribution in [-0.2, 0) is 12.8 Å².